The van der Waals surface area contributed by atoms with Gasteiger partial charge in [0.05, 0.1) is 17.1 Å². The third-order valence-corrected chi connectivity index (χ3v) is 8.54. The summed E-state index contributed by atoms with van der Waals surface area (Å²) in [7, 11) is 4.85. The van der Waals surface area contributed by atoms with Crippen LogP contribution < -0.4 is 0 Å². The molecule has 0 aliphatic heterocycles. The van der Waals surface area contributed by atoms with Gasteiger partial charge >= 0.3 is 36.2 Å². The summed E-state index contributed by atoms with van der Waals surface area (Å²) in [6.45, 7) is 15.8. The van der Waals surface area contributed by atoms with E-state index in [-0.39, 0.29) is 0 Å². The molecule has 0 aromatic heterocycles. The van der Waals surface area contributed by atoms with Crippen LogP contribution in [0.4, 0.5) is 11.4 Å². The van der Waals surface area contributed by atoms with Crippen molar-refractivity contribution in [1.29, 1.82) is 0 Å². The molecule has 0 aliphatic rings. The summed E-state index contributed by atoms with van der Waals surface area (Å²) in [4.78, 5) is 10.0. The summed E-state index contributed by atoms with van der Waals surface area (Å²) in [5.41, 5.74) is 12.3. The van der Waals surface area contributed by atoms with Gasteiger partial charge in [-0.15, -0.1) is 0 Å². The van der Waals surface area contributed by atoms with Crippen molar-refractivity contribution in [3.8, 4) is 0 Å². The molecule has 0 saturated heterocycles. The van der Waals surface area contributed by atoms with Crippen molar-refractivity contribution < 1.29 is 11.8 Å². The Morgan fingerprint density at radius 3 is 1.64 bits per heavy atom. The standard InChI is InChI=1S/C39H62N2.BrH.ClH.Ni/c1-8-14-17-19-20-22-23-34-28-36(26-32(11-4)38(34)13-6)40-30-31(7)41-37-27-33(12-5)39(25-16-10-3)35(29-37)24-21-18-15-9-2;;;/h26-30H,8-25H2,1-7H3;2*1H;/q;;;+2/p-2. The molecule has 0 unspecified atom stereocenters. The van der Waals surface area contributed by atoms with Crippen molar-refractivity contribution in [2.24, 2.45) is 9.98 Å². The average Bonchev–Trinajstić information content (AvgIpc) is 3.03. The van der Waals surface area contributed by atoms with Crippen LogP contribution in [0.15, 0.2) is 34.3 Å². The van der Waals surface area contributed by atoms with Crippen LogP contribution in [0.25, 0.3) is 0 Å². The van der Waals surface area contributed by atoms with Gasteiger partial charge in [0, 0.05) is 6.21 Å². The van der Waals surface area contributed by atoms with Gasteiger partial charge < -0.3 is 0 Å². The first-order chi connectivity index (χ1) is 21.4. The van der Waals surface area contributed by atoms with Gasteiger partial charge in [-0.05, 0) is 122 Å². The SMILES string of the molecule is CCCCCCCCc1cc(N=CC(C)=Nc2cc(CC)c(CCCC)c(CCCCCC)c2)cc(CC)c1CC.[Cl][Ni][Br]. The van der Waals surface area contributed by atoms with Gasteiger partial charge in [0.1, 0.15) is 0 Å². The number of hydrogen-bond donors (Lipinski definition) is 0. The van der Waals surface area contributed by atoms with E-state index >= 15 is 0 Å². The molecule has 0 bridgehead atoms. The van der Waals surface area contributed by atoms with Crippen molar-refractivity contribution in [2.75, 3.05) is 0 Å². The first kappa shape index (κ1) is 41.1. The van der Waals surface area contributed by atoms with Gasteiger partial charge in [-0.2, -0.15) is 0 Å². The molecule has 0 aliphatic carbocycles. The van der Waals surface area contributed by atoms with Gasteiger partial charge in [-0.1, -0.05) is 99.3 Å². The Morgan fingerprint density at radius 1 is 0.614 bits per heavy atom. The molecule has 252 valence electrons. The Morgan fingerprint density at radius 2 is 1.07 bits per heavy atom. The minimum atomic E-state index is 0.910. The molecular formula is C39H62BrClN2Ni. The Balaban J connectivity index is 0.00000309. The number of unbranched alkanes of at least 4 members (excludes halogenated alkanes) is 9. The van der Waals surface area contributed by atoms with Crippen LogP contribution in [0.2, 0.25) is 0 Å². The normalized spacial score (nSPS) is 11.8. The van der Waals surface area contributed by atoms with E-state index in [2.05, 4.69) is 87.0 Å². The Bertz CT molecular complexity index is 1110. The second-order valence-electron chi connectivity index (χ2n) is 12.0. The van der Waals surface area contributed by atoms with Crippen LogP contribution in [0.1, 0.15) is 159 Å². The van der Waals surface area contributed by atoms with Gasteiger partial charge in [0.25, 0.3) is 0 Å². The molecular weight excluding hydrogens is 670 g/mol. The fourth-order valence-corrected chi connectivity index (χ4v) is 6.14. The molecule has 0 N–H and O–H groups in total. The van der Waals surface area contributed by atoms with E-state index in [4.69, 9.17) is 20.2 Å². The number of rotatable bonds is 21. The predicted octanol–water partition coefficient (Wildman–Crippen LogP) is 13.8. The van der Waals surface area contributed by atoms with Crippen LogP contribution in [0.5, 0.6) is 0 Å². The molecule has 0 heterocycles. The molecule has 0 atom stereocenters. The Labute approximate surface area is 289 Å². The van der Waals surface area contributed by atoms with Gasteiger partial charge in [-0.3, -0.25) is 9.98 Å². The third kappa shape index (κ3) is 16.0. The van der Waals surface area contributed by atoms with Crippen LogP contribution in [0.3, 0.4) is 0 Å². The number of benzene rings is 2. The van der Waals surface area contributed by atoms with Crippen LogP contribution in [0, 0.1) is 0 Å². The summed E-state index contributed by atoms with van der Waals surface area (Å²) < 4.78 is 0. The molecule has 2 nitrogen and oxygen atoms in total. The molecule has 5 heteroatoms. The molecule has 44 heavy (non-hydrogen) atoms. The first-order valence-electron chi connectivity index (χ1n) is 17.6. The zero-order chi connectivity index (χ0) is 32.6. The molecule has 2 aromatic rings. The zero-order valence-corrected chi connectivity index (χ0v) is 32.4. The summed E-state index contributed by atoms with van der Waals surface area (Å²) in [6, 6.07) is 9.36. The summed E-state index contributed by atoms with van der Waals surface area (Å²) in [5, 5.41) is 0. The maximum absolute atomic E-state index is 5.06. The molecule has 0 amide bonds. The van der Waals surface area contributed by atoms with Gasteiger partial charge in [0.2, 0.25) is 0 Å². The van der Waals surface area contributed by atoms with Crippen molar-refractivity contribution in [3.63, 3.8) is 0 Å². The summed E-state index contributed by atoms with van der Waals surface area (Å²) >= 11 is 3.76. The average molecular weight is 733 g/mol. The maximum atomic E-state index is 5.06. The van der Waals surface area contributed by atoms with Crippen LogP contribution in [-0.2, 0) is 50.3 Å². The van der Waals surface area contributed by atoms with Crippen LogP contribution >= 0.6 is 24.4 Å². The van der Waals surface area contributed by atoms with Crippen LogP contribution in [-0.4, -0.2) is 11.9 Å². The third-order valence-electron chi connectivity index (χ3n) is 8.54. The second kappa shape index (κ2) is 26.1. The molecule has 0 fully saturated rings. The molecule has 0 spiro atoms. The Kier molecular flexibility index (Phi) is 24.4. The van der Waals surface area contributed by atoms with E-state index in [1.165, 1.54) is 119 Å². The number of aryl methyl sites for hydroxylation is 4. The monoisotopic (exact) mass is 730 g/mol. The van der Waals surface area contributed by atoms with Crippen molar-refractivity contribution in [1.82, 2.24) is 0 Å². The van der Waals surface area contributed by atoms with E-state index in [0.717, 1.165) is 48.1 Å². The number of hydrogen-bond acceptors (Lipinski definition) is 2. The van der Waals surface area contributed by atoms with Crippen molar-refractivity contribution in [3.05, 3.63) is 57.6 Å². The second-order valence-corrected chi connectivity index (χ2v) is 14.9. The topological polar surface area (TPSA) is 24.7 Å². The quantitative estimate of drug-likeness (QED) is 0.0694. The Hall–Kier alpha value is -0.956. The number of halogens is 2. The number of nitrogens with zero attached hydrogens (tertiary/aromatic N) is 2. The van der Waals surface area contributed by atoms with E-state index < -0.39 is 0 Å². The summed E-state index contributed by atoms with van der Waals surface area (Å²) in [5.74, 6) is 0. The fraction of sp³-hybridized carbons (Fsp3) is 0.641. The molecule has 0 radical (unpaired) electrons. The van der Waals surface area contributed by atoms with E-state index in [0.29, 0.717) is 0 Å². The van der Waals surface area contributed by atoms with Gasteiger partial charge in [-0.25, -0.2) is 0 Å². The van der Waals surface area contributed by atoms with E-state index in [9.17, 15) is 0 Å². The van der Waals surface area contributed by atoms with Crippen molar-refractivity contribution >= 4 is 47.7 Å². The predicted molar refractivity (Wildman–Crippen MR) is 200 cm³/mol. The van der Waals surface area contributed by atoms with E-state index in [1.54, 1.807) is 11.1 Å². The van der Waals surface area contributed by atoms with E-state index in [1.807, 2.05) is 6.21 Å². The van der Waals surface area contributed by atoms with Gasteiger partial charge in [0.15, 0.2) is 0 Å². The van der Waals surface area contributed by atoms with Crippen molar-refractivity contribution in [2.45, 2.75) is 164 Å². The minimum absolute atomic E-state index is 0.910. The summed E-state index contributed by atoms with van der Waals surface area (Å²) in [6.07, 6.45) is 24.5. The molecule has 0 saturated carbocycles. The molecule has 2 aromatic carbocycles. The first-order valence-corrected chi connectivity index (χ1v) is 21.4. The zero-order valence-electron chi connectivity index (χ0n) is 29.1. The fourth-order valence-electron chi connectivity index (χ4n) is 6.14. The molecule has 2 rings (SSSR count). The number of aliphatic imine (C=N–C) groups is 2.